The minimum absolute atomic E-state index is 0.0709. The number of aliphatic hydroxyl groups is 2. The molecule has 21 nitrogen and oxygen atoms in total. The molecule has 2 bridgehead atoms. The molecule has 1 aromatic carbocycles. The summed E-state index contributed by atoms with van der Waals surface area (Å²) in [5, 5.41) is 44.7. The van der Waals surface area contributed by atoms with Gasteiger partial charge in [0.25, 0.3) is 0 Å². The first-order valence-corrected chi connectivity index (χ1v) is 22.2. The van der Waals surface area contributed by atoms with Crippen LogP contribution in [-0.2, 0) is 60.4 Å². The van der Waals surface area contributed by atoms with Gasteiger partial charge in [-0.05, 0) is 37.0 Å². The summed E-state index contributed by atoms with van der Waals surface area (Å²) in [5.41, 5.74) is 5.97. The summed E-state index contributed by atoms with van der Waals surface area (Å²) in [5.74, 6) is -13.1. The van der Waals surface area contributed by atoms with Crippen molar-refractivity contribution in [2.75, 3.05) is 25.4 Å². The van der Waals surface area contributed by atoms with Crippen LogP contribution in [0.3, 0.4) is 0 Å². The van der Waals surface area contributed by atoms with E-state index in [1.807, 2.05) is 0 Å². The molecule has 3 aliphatic heterocycles. The monoisotopic (exact) mass is 900 g/mol. The Bertz CT molecular complexity index is 2180. The zero-order valence-corrected chi connectivity index (χ0v) is 36.3. The second kappa shape index (κ2) is 20.6. The first-order chi connectivity index (χ1) is 29.7. The molecule has 3 aliphatic rings. The molecule has 1 fully saturated rings. The molecule has 344 valence electrons. The highest BCUT2D eigenvalue weighted by Crippen LogP contribution is 2.32. The van der Waals surface area contributed by atoms with E-state index in [4.69, 9.17) is 5.73 Å². The Balaban J connectivity index is 1.73. The van der Waals surface area contributed by atoms with E-state index in [9.17, 15) is 62.7 Å². The van der Waals surface area contributed by atoms with Crippen molar-refractivity contribution in [3.05, 3.63) is 23.8 Å². The lowest BCUT2D eigenvalue weighted by Gasteiger charge is -2.32. The van der Waals surface area contributed by atoms with E-state index in [-0.39, 0.29) is 34.7 Å². The van der Waals surface area contributed by atoms with Gasteiger partial charge in [0.15, 0.2) is 11.6 Å². The third kappa shape index (κ3) is 11.6. The fourth-order valence-corrected chi connectivity index (χ4v) is 9.58. The Morgan fingerprint density at radius 1 is 0.889 bits per heavy atom. The number of hydrogen-bond acceptors (Lipinski definition) is 13. The maximum atomic E-state index is 14.6. The SMILES string of the molecule is CC[C@H](C)[C@@H]1NC(=O)CNC(=O)C2CC(=O)[C@H]([C@@H](C)[C@H](C)O)NC(=O)[C@@H]3CC(O)CN3C(=O)[C@H](CC(N)=O)CC(=O)C(C[S@@](=O)c3[nH]c4cc(O)ccc4c3C2)NC(=O)CNC1=O. The lowest BCUT2D eigenvalue weighted by molar-refractivity contribution is -0.145. The Morgan fingerprint density at radius 3 is 2.21 bits per heavy atom. The van der Waals surface area contributed by atoms with Crippen LogP contribution in [0.15, 0.2) is 23.2 Å². The largest absolute Gasteiger partial charge is 0.508 e. The van der Waals surface area contributed by atoms with Crippen molar-refractivity contribution in [3.8, 4) is 5.75 Å². The van der Waals surface area contributed by atoms with Gasteiger partial charge in [0.05, 0.1) is 65.4 Å². The maximum Gasteiger partial charge on any atom is 0.243 e. The fourth-order valence-electron chi connectivity index (χ4n) is 8.15. The summed E-state index contributed by atoms with van der Waals surface area (Å²) in [6.45, 7) is 4.49. The van der Waals surface area contributed by atoms with Crippen molar-refractivity contribution in [2.24, 2.45) is 29.4 Å². The summed E-state index contributed by atoms with van der Waals surface area (Å²) in [4.78, 5) is 128. The molecule has 0 aliphatic carbocycles. The number of phenolic OH excluding ortho intramolecular Hbond substituents is 1. The number of nitrogens with one attached hydrogen (secondary N) is 6. The fraction of sp³-hybridized carbons (Fsp3) is 0.585. The number of nitrogens with zero attached hydrogens (tertiary/aromatic N) is 1. The number of benzene rings is 1. The van der Waals surface area contributed by atoms with Crippen LogP contribution in [0.2, 0.25) is 0 Å². The molecule has 0 saturated carbocycles. The number of primary amides is 1. The maximum absolute atomic E-state index is 14.6. The van der Waals surface area contributed by atoms with Crippen LogP contribution >= 0.6 is 0 Å². The molecule has 1 saturated heterocycles. The summed E-state index contributed by atoms with van der Waals surface area (Å²) in [6.07, 6.45) is -4.87. The van der Waals surface area contributed by atoms with Gasteiger partial charge in [0, 0.05) is 55.5 Å². The zero-order valence-electron chi connectivity index (χ0n) is 35.4. The second-order valence-corrected chi connectivity index (χ2v) is 18.2. The average Bonchev–Trinajstić information content (AvgIpc) is 3.80. The van der Waals surface area contributed by atoms with Gasteiger partial charge in [-0.1, -0.05) is 27.2 Å². The van der Waals surface area contributed by atoms with Crippen molar-refractivity contribution in [1.82, 2.24) is 36.5 Å². The first-order valence-electron chi connectivity index (χ1n) is 20.9. The molecule has 0 radical (unpaired) electrons. The number of aromatic hydroxyl groups is 1. The Hall–Kier alpha value is -5.74. The Morgan fingerprint density at radius 2 is 1.56 bits per heavy atom. The van der Waals surface area contributed by atoms with Crippen LogP contribution in [0.1, 0.15) is 65.4 Å². The molecule has 1 aromatic heterocycles. The van der Waals surface area contributed by atoms with Crippen LogP contribution in [0.4, 0.5) is 0 Å². The van der Waals surface area contributed by atoms with Gasteiger partial charge in [-0.3, -0.25) is 47.4 Å². The molecule has 5 rings (SSSR count). The molecule has 11 atom stereocenters. The van der Waals surface area contributed by atoms with E-state index in [1.165, 1.54) is 32.0 Å². The number of phenols is 1. The number of fused-ring (bicyclic) bond motifs is 5. The smallest absolute Gasteiger partial charge is 0.243 e. The molecule has 11 N–H and O–H groups in total. The number of hydrogen-bond donors (Lipinski definition) is 10. The van der Waals surface area contributed by atoms with Crippen LogP contribution < -0.4 is 32.3 Å². The first kappa shape index (κ1) is 48.3. The predicted molar refractivity (Wildman–Crippen MR) is 223 cm³/mol. The van der Waals surface area contributed by atoms with Gasteiger partial charge in [-0.25, -0.2) is 0 Å². The van der Waals surface area contributed by atoms with Gasteiger partial charge < -0.3 is 57.5 Å². The van der Waals surface area contributed by atoms with Gasteiger partial charge in [0.2, 0.25) is 41.4 Å². The van der Waals surface area contributed by atoms with E-state index in [1.54, 1.807) is 13.8 Å². The summed E-state index contributed by atoms with van der Waals surface area (Å²) in [7, 11) is -2.28. The average molecular weight is 901 g/mol. The summed E-state index contributed by atoms with van der Waals surface area (Å²) < 4.78 is 14.6. The van der Waals surface area contributed by atoms with Crippen LogP contribution in [0, 0.1) is 23.7 Å². The number of amides is 7. The molecule has 22 heteroatoms. The highest BCUT2D eigenvalue weighted by atomic mass is 32.2. The zero-order chi connectivity index (χ0) is 46.4. The number of carbonyl (C=O) groups is 9. The van der Waals surface area contributed by atoms with E-state index in [0.717, 1.165) is 4.90 Å². The van der Waals surface area contributed by atoms with E-state index in [0.29, 0.717) is 11.8 Å². The highest BCUT2D eigenvalue weighted by molar-refractivity contribution is 7.85. The van der Waals surface area contributed by atoms with Crippen LogP contribution in [0.25, 0.3) is 10.9 Å². The normalized spacial score (nSPS) is 29.0. The molecule has 4 heterocycles. The number of aromatic amines is 1. The summed E-state index contributed by atoms with van der Waals surface area (Å²) >= 11 is 0. The number of ketones is 2. The quantitative estimate of drug-likeness (QED) is 0.141. The predicted octanol–water partition coefficient (Wildman–Crippen LogP) is -2.71. The van der Waals surface area contributed by atoms with Crippen molar-refractivity contribution in [1.29, 1.82) is 0 Å². The molecular formula is C41H56N8O13S. The second-order valence-electron chi connectivity index (χ2n) is 16.8. The topological polar surface area (TPSA) is 337 Å². The lowest BCUT2D eigenvalue weighted by atomic mass is 9.86. The van der Waals surface area contributed by atoms with Crippen LogP contribution in [0.5, 0.6) is 5.75 Å². The molecule has 2 aromatic rings. The van der Waals surface area contributed by atoms with Gasteiger partial charge in [-0.2, -0.15) is 0 Å². The summed E-state index contributed by atoms with van der Waals surface area (Å²) in [6, 6.07) is -1.67. The molecule has 3 unspecified atom stereocenters. The standard InChI is InChI=1S/C41H56N8O13S/c1-5-18(2)35-39(60)44-14-33(56)45-28-17-63(62)40-26(25-7-6-23(51)12-27(25)46-40)8-21(37(58)43-15-34(57)47-35)9-31(54)36(19(3)20(4)50)48-38(59)29-13-24(52)16-49(29)41(61)22(10-30(28)53)11-32(42)55/h6-7,12,18-22,24,28-29,35-36,46,50-52H,5,8-11,13-17H2,1-4H3,(H2,42,55)(H,43,58)(H,44,60)(H,45,56)(H,47,57)(H,48,59)/t18-,19-,20-,21?,22-,24?,28?,29-,35-,36-,63+/m0/s1. The third-order valence-electron chi connectivity index (χ3n) is 12.1. The third-order valence-corrected chi connectivity index (χ3v) is 13.5. The Labute approximate surface area is 364 Å². The molecule has 7 amide bonds. The van der Waals surface area contributed by atoms with Gasteiger partial charge >= 0.3 is 0 Å². The molecular weight excluding hydrogens is 845 g/mol. The van der Waals surface area contributed by atoms with E-state index >= 15 is 0 Å². The Kier molecular flexibility index (Phi) is 15.8. The molecule has 0 spiro atoms. The number of carbonyl (C=O) groups excluding carboxylic acids is 9. The minimum atomic E-state index is -2.28. The number of rotatable bonds is 6. The van der Waals surface area contributed by atoms with E-state index < -0.39 is 168 Å². The van der Waals surface area contributed by atoms with Crippen LogP contribution in [-0.4, -0.2) is 144 Å². The number of aliphatic hydroxyl groups excluding tert-OH is 2. The van der Waals surface area contributed by atoms with Crippen molar-refractivity contribution < 1.29 is 62.7 Å². The number of nitrogens with two attached hydrogens (primary N) is 1. The molecule has 63 heavy (non-hydrogen) atoms. The number of H-pyrrole nitrogens is 1. The number of aromatic nitrogens is 1. The van der Waals surface area contributed by atoms with Crippen molar-refractivity contribution in [2.45, 2.75) is 108 Å². The highest BCUT2D eigenvalue weighted by Gasteiger charge is 2.45. The lowest BCUT2D eigenvalue weighted by Crippen LogP contribution is -2.56. The minimum Gasteiger partial charge on any atom is -0.508 e. The van der Waals surface area contributed by atoms with E-state index in [2.05, 4.69) is 31.6 Å². The van der Waals surface area contributed by atoms with Crippen molar-refractivity contribution in [3.63, 3.8) is 0 Å². The number of Topliss-reactive ketones (excluding diaryl/α,β-unsaturated/α-hetero) is 2. The van der Waals surface area contributed by atoms with Crippen molar-refractivity contribution >= 4 is 74.6 Å². The van der Waals surface area contributed by atoms with Gasteiger partial charge in [-0.15, -0.1) is 0 Å². The van der Waals surface area contributed by atoms with Gasteiger partial charge in [0.1, 0.15) is 22.9 Å².